The van der Waals surface area contributed by atoms with Crippen LogP contribution in [0.5, 0.6) is 0 Å². The van der Waals surface area contributed by atoms with Gasteiger partial charge in [0.1, 0.15) is 5.56 Å². The first-order chi connectivity index (χ1) is 11.9. The van der Waals surface area contributed by atoms with Gasteiger partial charge in [-0.2, -0.15) is 0 Å². The molecule has 0 saturated heterocycles. The molecule has 1 unspecified atom stereocenters. The van der Waals surface area contributed by atoms with Crippen LogP contribution in [-0.2, 0) is 11.3 Å². The first kappa shape index (κ1) is 17.4. The molecule has 25 heavy (non-hydrogen) atoms. The Balaban J connectivity index is 1.72. The third-order valence-corrected chi connectivity index (χ3v) is 4.16. The summed E-state index contributed by atoms with van der Waals surface area (Å²) in [5.74, 6) is -3.07. The van der Waals surface area contributed by atoms with Crippen molar-refractivity contribution < 1.29 is 22.8 Å². The van der Waals surface area contributed by atoms with Gasteiger partial charge in [0, 0.05) is 18.9 Å². The van der Waals surface area contributed by atoms with Gasteiger partial charge in [0.05, 0.1) is 5.71 Å². The Bertz CT molecular complexity index is 748. The Labute approximate surface area is 142 Å². The summed E-state index contributed by atoms with van der Waals surface area (Å²) in [7, 11) is 0. The normalized spacial score (nSPS) is 21.8. The van der Waals surface area contributed by atoms with Crippen LogP contribution in [0.2, 0.25) is 0 Å². The van der Waals surface area contributed by atoms with Crippen LogP contribution >= 0.6 is 0 Å². The van der Waals surface area contributed by atoms with Gasteiger partial charge in [0.2, 0.25) is 11.8 Å². The Hall–Kier alpha value is -2.45. The summed E-state index contributed by atoms with van der Waals surface area (Å²) in [6, 6.07) is 1.30. The highest BCUT2D eigenvalue weighted by Crippen LogP contribution is 2.32. The van der Waals surface area contributed by atoms with E-state index in [0.29, 0.717) is 17.7 Å². The van der Waals surface area contributed by atoms with Gasteiger partial charge in [-0.1, -0.05) is 18.5 Å². The summed E-state index contributed by atoms with van der Waals surface area (Å²) in [5.41, 5.74) is 0.808. The Morgan fingerprint density at radius 2 is 2.04 bits per heavy atom. The number of hydrogen-bond donors (Lipinski definition) is 2. The predicted octanol–water partition coefficient (Wildman–Crippen LogP) is 2.61. The van der Waals surface area contributed by atoms with Crippen molar-refractivity contribution in [1.29, 1.82) is 0 Å². The maximum Gasteiger partial charge on any atom is 0.337 e. The largest absolute Gasteiger partial charge is 0.406 e. The first-order valence-corrected chi connectivity index (χ1v) is 8.22. The average Bonchev–Trinajstić information content (AvgIpc) is 2.53. The number of rotatable bonds is 4. The molecule has 1 saturated carbocycles. The van der Waals surface area contributed by atoms with E-state index in [2.05, 4.69) is 15.8 Å². The van der Waals surface area contributed by atoms with E-state index in [4.69, 9.17) is 9.25 Å². The Morgan fingerprint density at radius 3 is 2.72 bits per heavy atom. The number of carbonyl (C=O) groups is 1. The summed E-state index contributed by atoms with van der Waals surface area (Å²) in [6.45, 7) is 1.94. The molecule has 2 heterocycles. The van der Waals surface area contributed by atoms with Gasteiger partial charge < -0.3 is 14.6 Å². The van der Waals surface area contributed by atoms with Crippen LogP contribution in [0.3, 0.4) is 0 Å². The van der Waals surface area contributed by atoms with Crippen LogP contribution in [0.25, 0.3) is 0 Å². The van der Waals surface area contributed by atoms with Crippen molar-refractivity contribution in [2.45, 2.75) is 57.7 Å². The van der Waals surface area contributed by atoms with Gasteiger partial charge >= 0.3 is 5.63 Å². The lowest BCUT2D eigenvalue weighted by Crippen LogP contribution is -2.47. The van der Waals surface area contributed by atoms with Crippen molar-refractivity contribution >= 4 is 17.5 Å². The predicted molar refractivity (Wildman–Crippen MR) is 85.8 cm³/mol. The highest BCUT2D eigenvalue weighted by atomic mass is 19.3. The molecule has 2 aliphatic rings. The molecular weight excluding hydrogens is 336 g/mol. The smallest absolute Gasteiger partial charge is 0.337 e. The summed E-state index contributed by atoms with van der Waals surface area (Å²) in [4.78, 5) is 29.1. The van der Waals surface area contributed by atoms with E-state index in [0.717, 1.165) is 6.42 Å². The molecule has 2 N–H and O–H groups in total. The summed E-state index contributed by atoms with van der Waals surface area (Å²) < 4.78 is 31.3. The summed E-state index contributed by atoms with van der Waals surface area (Å²) in [5, 5.41) is 9.15. The monoisotopic (exact) mass is 355 g/mol. The molecule has 1 aromatic rings. The van der Waals surface area contributed by atoms with Crippen molar-refractivity contribution in [2.24, 2.45) is 5.16 Å². The summed E-state index contributed by atoms with van der Waals surface area (Å²) in [6.07, 6.45) is 0.0389. The van der Waals surface area contributed by atoms with Gasteiger partial charge in [-0.05, 0) is 24.8 Å². The van der Waals surface area contributed by atoms with Crippen LogP contribution in [0, 0.1) is 0 Å². The zero-order valence-corrected chi connectivity index (χ0v) is 13.7. The van der Waals surface area contributed by atoms with Crippen molar-refractivity contribution in [3.8, 4) is 0 Å². The minimum absolute atomic E-state index is 0.0278. The van der Waals surface area contributed by atoms with Crippen LogP contribution in [0.4, 0.5) is 14.7 Å². The Morgan fingerprint density at radius 1 is 1.32 bits per heavy atom. The van der Waals surface area contributed by atoms with Crippen molar-refractivity contribution in [2.75, 3.05) is 5.32 Å². The fourth-order valence-electron chi connectivity index (χ4n) is 2.88. The second-order valence-electron chi connectivity index (χ2n) is 6.16. The molecular formula is C16H19F2N3O4. The molecule has 0 aromatic carbocycles. The standard InChI is InChI=1S/C16H19F2N3O4/c1-2-3-9-8-11(22)24-14-12(9)13(23)19-15(20-14)25-21-10-4-6-16(17,18)7-5-10/h8,15,20H,2-7H2,1H3,(H,19,23). The number of carbonyl (C=O) groups excluding carboxylic acids is 1. The van der Waals surface area contributed by atoms with Gasteiger partial charge in [-0.3, -0.25) is 10.1 Å². The van der Waals surface area contributed by atoms with Crippen molar-refractivity contribution in [3.05, 3.63) is 27.6 Å². The van der Waals surface area contributed by atoms with Crippen LogP contribution in [-0.4, -0.2) is 23.9 Å². The molecule has 136 valence electrons. The molecule has 3 rings (SSSR count). The summed E-state index contributed by atoms with van der Waals surface area (Å²) >= 11 is 0. The minimum Gasteiger partial charge on any atom is -0.406 e. The number of nitrogens with one attached hydrogen (secondary N) is 2. The lowest BCUT2D eigenvalue weighted by Gasteiger charge is -2.26. The molecule has 0 bridgehead atoms. The van der Waals surface area contributed by atoms with Gasteiger partial charge in [0.15, 0.2) is 0 Å². The topological polar surface area (TPSA) is 92.9 Å². The number of fused-ring (bicyclic) bond motifs is 1. The molecule has 9 heteroatoms. The van der Waals surface area contributed by atoms with Crippen LogP contribution < -0.4 is 16.3 Å². The first-order valence-electron chi connectivity index (χ1n) is 8.22. The van der Waals surface area contributed by atoms with Crippen molar-refractivity contribution in [3.63, 3.8) is 0 Å². The fourth-order valence-corrected chi connectivity index (χ4v) is 2.88. The highest BCUT2D eigenvalue weighted by molar-refractivity contribution is 6.01. The van der Waals surface area contributed by atoms with Gasteiger partial charge in [-0.15, -0.1) is 0 Å². The van der Waals surface area contributed by atoms with E-state index in [-0.39, 0.29) is 37.1 Å². The second-order valence-corrected chi connectivity index (χ2v) is 6.16. The molecule has 1 aliphatic heterocycles. The number of oxime groups is 1. The van der Waals surface area contributed by atoms with Crippen LogP contribution in [0.15, 0.2) is 20.4 Å². The number of amides is 1. The molecule has 1 fully saturated rings. The number of alkyl halides is 2. The van der Waals surface area contributed by atoms with E-state index in [9.17, 15) is 18.4 Å². The lowest BCUT2D eigenvalue weighted by molar-refractivity contribution is -0.0197. The molecule has 1 atom stereocenters. The van der Waals surface area contributed by atoms with Gasteiger partial charge in [-0.25, -0.2) is 13.6 Å². The molecule has 1 aromatic heterocycles. The zero-order valence-electron chi connectivity index (χ0n) is 13.7. The number of aryl methyl sites for hydroxylation is 1. The maximum atomic E-state index is 13.1. The fraction of sp³-hybridized carbons (Fsp3) is 0.562. The molecule has 1 amide bonds. The van der Waals surface area contributed by atoms with E-state index in [1.54, 1.807) is 0 Å². The number of hydrogen-bond acceptors (Lipinski definition) is 6. The van der Waals surface area contributed by atoms with E-state index in [1.807, 2.05) is 6.92 Å². The zero-order chi connectivity index (χ0) is 18.0. The quantitative estimate of drug-likeness (QED) is 0.810. The highest BCUT2D eigenvalue weighted by Gasteiger charge is 2.34. The van der Waals surface area contributed by atoms with E-state index < -0.39 is 23.8 Å². The SMILES string of the molecule is CCCc1cc(=O)oc2c1C(=O)NC(ON=C1CCC(F)(F)CC1)N2. The molecule has 7 nitrogen and oxygen atoms in total. The maximum absolute atomic E-state index is 13.1. The molecule has 0 spiro atoms. The molecule has 1 aliphatic carbocycles. The van der Waals surface area contributed by atoms with Crippen molar-refractivity contribution in [1.82, 2.24) is 5.32 Å². The van der Waals surface area contributed by atoms with E-state index >= 15 is 0 Å². The number of halogens is 2. The minimum atomic E-state index is -2.66. The lowest BCUT2D eigenvalue weighted by atomic mass is 9.95. The Kier molecular flexibility index (Phi) is 4.73. The number of nitrogens with zero attached hydrogens (tertiary/aromatic N) is 1. The van der Waals surface area contributed by atoms with Gasteiger partial charge in [0.25, 0.3) is 12.3 Å². The average molecular weight is 355 g/mol. The van der Waals surface area contributed by atoms with Crippen LogP contribution in [0.1, 0.15) is 54.9 Å². The third-order valence-electron chi connectivity index (χ3n) is 4.16. The van der Waals surface area contributed by atoms with E-state index in [1.165, 1.54) is 6.07 Å². The second kappa shape index (κ2) is 6.81. The molecule has 0 radical (unpaired) electrons. The number of anilines is 1. The third kappa shape index (κ3) is 3.97.